The summed E-state index contributed by atoms with van der Waals surface area (Å²) in [6.07, 6.45) is 4.38. The first kappa shape index (κ1) is 26.2. The smallest absolute Gasteiger partial charge is 0.201 e. The molecule has 0 saturated carbocycles. The third-order valence-corrected chi connectivity index (χ3v) is 12.4. The fraction of sp³-hybridized carbons (Fsp3) is 0.440. The maximum atomic E-state index is 15.1. The van der Waals surface area contributed by atoms with E-state index in [1.807, 2.05) is 23.5 Å². The number of ether oxygens (including phenoxy) is 1. The Bertz CT molecular complexity index is 1030. The van der Waals surface area contributed by atoms with Crippen LogP contribution in [0.1, 0.15) is 24.0 Å². The van der Waals surface area contributed by atoms with Crippen molar-refractivity contribution in [2.75, 3.05) is 29.6 Å². The van der Waals surface area contributed by atoms with Crippen molar-refractivity contribution in [3.05, 3.63) is 65.2 Å². The Morgan fingerprint density at radius 3 is 2.06 bits per heavy atom. The molecule has 0 bridgehead atoms. The molecule has 4 rings (SSSR count). The fourth-order valence-corrected chi connectivity index (χ4v) is 11.0. The van der Waals surface area contributed by atoms with Gasteiger partial charge in [0.15, 0.2) is 23.2 Å². The van der Waals surface area contributed by atoms with Crippen molar-refractivity contribution in [2.24, 2.45) is 11.8 Å². The van der Waals surface area contributed by atoms with Crippen molar-refractivity contribution < 1.29 is 22.3 Å². The molecule has 0 unspecified atom stereocenters. The first-order valence-electron chi connectivity index (χ1n) is 11.1. The van der Waals surface area contributed by atoms with Crippen LogP contribution in [0.2, 0.25) is 0 Å². The number of thioether (sulfide) groups is 4. The third kappa shape index (κ3) is 5.57. The van der Waals surface area contributed by atoms with Crippen molar-refractivity contribution >= 4 is 47.0 Å². The number of hydrogen-bond acceptors (Lipinski definition) is 5. The highest BCUT2D eigenvalue weighted by molar-refractivity contribution is 8.18. The van der Waals surface area contributed by atoms with E-state index < -0.39 is 23.3 Å². The number of allylic oxidation sites excluding steroid dienone is 2. The first-order chi connectivity index (χ1) is 16.4. The quantitative estimate of drug-likeness (QED) is 0.265. The molecule has 2 heterocycles. The topological polar surface area (TPSA) is 9.23 Å². The van der Waals surface area contributed by atoms with Gasteiger partial charge in [-0.3, -0.25) is 0 Å². The molecule has 2 aromatic rings. The van der Waals surface area contributed by atoms with E-state index in [0.717, 1.165) is 23.0 Å². The molecule has 2 aliphatic heterocycles. The minimum Gasteiger partial charge on any atom is -0.491 e. The second kappa shape index (κ2) is 11.9. The molecule has 2 aromatic carbocycles. The van der Waals surface area contributed by atoms with Gasteiger partial charge in [0, 0.05) is 39.7 Å². The zero-order chi connectivity index (χ0) is 24.2. The molecule has 0 N–H and O–H groups in total. The SMILES string of the molecule is CC=CC1CSC(C2CSC(c3ccc(-c4ccc(OCC)c(F)c4F)c(F)c3F)SC2)SC1. The molecule has 0 aliphatic carbocycles. The van der Waals surface area contributed by atoms with Gasteiger partial charge in [-0.1, -0.05) is 24.3 Å². The van der Waals surface area contributed by atoms with E-state index in [1.165, 1.54) is 24.3 Å². The molecular weight excluding hydrogens is 521 g/mol. The monoisotopic (exact) mass is 546 g/mol. The van der Waals surface area contributed by atoms with E-state index in [-0.39, 0.29) is 33.6 Å². The van der Waals surface area contributed by atoms with Crippen LogP contribution in [0.15, 0.2) is 36.4 Å². The van der Waals surface area contributed by atoms with Crippen LogP contribution in [0.25, 0.3) is 11.1 Å². The van der Waals surface area contributed by atoms with E-state index in [4.69, 9.17) is 4.74 Å². The maximum Gasteiger partial charge on any atom is 0.201 e. The Hall–Kier alpha value is -0.900. The van der Waals surface area contributed by atoms with E-state index in [9.17, 15) is 8.78 Å². The van der Waals surface area contributed by atoms with Crippen LogP contribution in [0.4, 0.5) is 17.6 Å². The molecule has 0 aromatic heterocycles. The Morgan fingerprint density at radius 1 is 0.824 bits per heavy atom. The molecule has 0 spiro atoms. The molecule has 34 heavy (non-hydrogen) atoms. The lowest BCUT2D eigenvalue weighted by Crippen LogP contribution is -2.28. The number of benzene rings is 2. The third-order valence-electron chi connectivity index (χ3n) is 5.73. The second-order valence-corrected chi connectivity index (χ2v) is 13.3. The van der Waals surface area contributed by atoms with Crippen LogP contribution in [0, 0.1) is 35.1 Å². The summed E-state index contributed by atoms with van der Waals surface area (Å²) in [6.45, 7) is 3.87. The van der Waals surface area contributed by atoms with E-state index >= 15 is 8.78 Å². The Balaban J connectivity index is 1.45. The minimum absolute atomic E-state index is 0.166. The van der Waals surface area contributed by atoms with Crippen LogP contribution in [0.3, 0.4) is 0 Å². The Kier molecular flexibility index (Phi) is 9.15. The zero-order valence-corrected chi connectivity index (χ0v) is 22.1. The molecule has 2 fully saturated rings. The average Bonchev–Trinajstić information content (AvgIpc) is 2.85. The summed E-state index contributed by atoms with van der Waals surface area (Å²) >= 11 is 7.27. The highest BCUT2D eigenvalue weighted by atomic mass is 32.2. The van der Waals surface area contributed by atoms with Crippen LogP contribution in [-0.2, 0) is 0 Å². The van der Waals surface area contributed by atoms with E-state index in [1.54, 1.807) is 30.4 Å². The van der Waals surface area contributed by atoms with E-state index in [0.29, 0.717) is 16.4 Å². The predicted octanol–water partition coefficient (Wildman–Crippen LogP) is 8.40. The van der Waals surface area contributed by atoms with Gasteiger partial charge in [0.2, 0.25) is 5.82 Å². The van der Waals surface area contributed by atoms with Crippen molar-refractivity contribution in [2.45, 2.75) is 23.0 Å². The Morgan fingerprint density at radius 2 is 1.44 bits per heavy atom. The van der Waals surface area contributed by atoms with Gasteiger partial charge in [0.05, 0.1) is 15.8 Å². The summed E-state index contributed by atoms with van der Waals surface area (Å²) < 4.78 is 64.2. The first-order valence-corrected chi connectivity index (χ1v) is 15.3. The fourth-order valence-electron chi connectivity index (χ4n) is 4.00. The molecule has 1 nitrogen and oxygen atoms in total. The van der Waals surface area contributed by atoms with Gasteiger partial charge in [-0.15, -0.1) is 47.0 Å². The van der Waals surface area contributed by atoms with Crippen LogP contribution in [0.5, 0.6) is 5.75 Å². The molecule has 0 radical (unpaired) electrons. The molecular formula is C25H26F4OS4. The predicted molar refractivity (Wildman–Crippen MR) is 141 cm³/mol. The van der Waals surface area contributed by atoms with Gasteiger partial charge in [-0.2, -0.15) is 4.39 Å². The summed E-state index contributed by atoms with van der Waals surface area (Å²) in [5.41, 5.74) is -0.357. The number of halogens is 4. The summed E-state index contributed by atoms with van der Waals surface area (Å²) in [5.74, 6) is 0.305. The number of hydrogen-bond donors (Lipinski definition) is 0. The highest BCUT2D eigenvalue weighted by Crippen LogP contribution is 2.51. The summed E-state index contributed by atoms with van der Waals surface area (Å²) in [5, 5.41) is 0. The number of rotatable bonds is 6. The lowest BCUT2D eigenvalue weighted by molar-refractivity contribution is 0.314. The maximum absolute atomic E-state index is 15.1. The minimum atomic E-state index is -1.25. The van der Waals surface area contributed by atoms with Crippen LogP contribution < -0.4 is 4.74 Å². The van der Waals surface area contributed by atoms with Crippen molar-refractivity contribution in [3.8, 4) is 16.9 Å². The summed E-state index contributed by atoms with van der Waals surface area (Å²) in [7, 11) is 0. The average molecular weight is 547 g/mol. The molecule has 2 saturated heterocycles. The molecule has 184 valence electrons. The summed E-state index contributed by atoms with van der Waals surface area (Å²) in [6, 6.07) is 5.29. The lowest BCUT2D eigenvalue weighted by Gasteiger charge is -2.36. The van der Waals surface area contributed by atoms with Gasteiger partial charge >= 0.3 is 0 Å². The van der Waals surface area contributed by atoms with Crippen molar-refractivity contribution in [1.82, 2.24) is 0 Å². The van der Waals surface area contributed by atoms with Gasteiger partial charge in [0.1, 0.15) is 0 Å². The molecule has 2 aliphatic rings. The largest absolute Gasteiger partial charge is 0.491 e. The molecule has 0 amide bonds. The van der Waals surface area contributed by atoms with Crippen LogP contribution >= 0.6 is 47.0 Å². The lowest BCUT2D eigenvalue weighted by atomic mass is 10.0. The normalized spacial score (nSPS) is 25.6. The summed E-state index contributed by atoms with van der Waals surface area (Å²) in [4.78, 5) is 0. The molecule has 9 heteroatoms. The van der Waals surface area contributed by atoms with Gasteiger partial charge < -0.3 is 4.74 Å². The van der Waals surface area contributed by atoms with Gasteiger partial charge in [0.25, 0.3) is 0 Å². The van der Waals surface area contributed by atoms with Crippen LogP contribution in [-0.4, -0.2) is 34.2 Å². The Labute approximate surface area is 215 Å². The second-order valence-electron chi connectivity index (χ2n) is 8.08. The highest BCUT2D eigenvalue weighted by Gasteiger charge is 2.34. The molecule has 0 atom stereocenters. The standard InChI is InChI=1S/C25H26F4OS4/c1-3-5-14-10-31-24(32-11-14)15-12-33-25(34-13-15)18-7-6-16(20(26)22(18)28)17-8-9-19(30-4-2)23(29)21(17)27/h3,5-9,14-15,24-25H,4,10-13H2,1-2H3. The van der Waals surface area contributed by atoms with Crippen molar-refractivity contribution in [1.29, 1.82) is 0 Å². The van der Waals surface area contributed by atoms with Gasteiger partial charge in [-0.05, 0) is 37.8 Å². The van der Waals surface area contributed by atoms with Crippen molar-refractivity contribution in [3.63, 3.8) is 0 Å². The van der Waals surface area contributed by atoms with Gasteiger partial charge in [-0.25, -0.2) is 13.2 Å². The van der Waals surface area contributed by atoms with E-state index in [2.05, 4.69) is 19.1 Å². The zero-order valence-electron chi connectivity index (χ0n) is 18.9.